The molecule has 0 aliphatic heterocycles. The lowest BCUT2D eigenvalue weighted by atomic mass is 9.97. The van der Waals surface area contributed by atoms with Gasteiger partial charge in [0.15, 0.2) is 6.61 Å². The Morgan fingerprint density at radius 1 is 0.808 bits per heavy atom. The quantitative estimate of drug-likeness (QED) is 0.354. The molecule has 0 aliphatic carbocycles. The summed E-state index contributed by atoms with van der Waals surface area (Å²) in [5.74, 6) is 5.83. The van der Waals surface area contributed by atoms with E-state index in [9.17, 15) is 4.79 Å². The van der Waals surface area contributed by atoms with E-state index in [0.717, 1.165) is 22.3 Å². The molecule has 3 heteroatoms. The maximum Gasteiger partial charge on any atom is 0.514 e. The van der Waals surface area contributed by atoms with Crippen molar-refractivity contribution in [3.05, 3.63) is 78.9 Å². The van der Waals surface area contributed by atoms with Gasteiger partial charge in [-0.2, -0.15) is 0 Å². The van der Waals surface area contributed by atoms with E-state index in [4.69, 9.17) is 9.47 Å². The first-order valence-electron chi connectivity index (χ1n) is 8.27. The van der Waals surface area contributed by atoms with Crippen LogP contribution in [0, 0.1) is 11.8 Å². The van der Waals surface area contributed by atoms with Crippen LogP contribution in [0.5, 0.6) is 5.75 Å². The largest absolute Gasteiger partial charge is 0.514 e. The molecule has 0 spiro atoms. The van der Waals surface area contributed by atoms with Gasteiger partial charge in [-0.15, -0.1) is 5.92 Å². The molecule has 0 aromatic heterocycles. The van der Waals surface area contributed by atoms with Gasteiger partial charge in [-0.3, -0.25) is 0 Å². The van der Waals surface area contributed by atoms with Gasteiger partial charge >= 0.3 is 6.16 Å². The average molecular weight is 342 g/mol. The van der Waals surface area contributed by atoms with Crippen molar-refractivity contribution >= 4 is 6.16 Å². The molecule has 0 N–H and O–H groups in total. The molecule has 3 nitrogen and oxygen atoms in total. The lowest BCUT2D eigenvalue weighted by molar-refractivity contribution is 0.111. The van der Waals surface area contributed by atoms with Gasteiger partial charge in [0.25, 0.3) is 0 Å². The van der Waals surface area contributed by atoms with Crippen LogP contribution in [0.4, 0.5) is 4.79 Å². The van der Waals surface area contributed by atoms with Gasteiger partial charge in [0.2, 0.25) is 0 Å². The number of carbonyl (C=O) groups is 1. The summed E-state index contributed by atoms with van der Waals surface area (Å²) in [5.41, 5.74) is 3.57. The topological polar surface area (TPSA) is 35.5 Å². The highest BCUT2D eigenvalue weighted by atomic mass is 16.7. The molecule has 0 aliphatic rings. The molecule has 0 fully saturated rings. The first kappa shape index (κ1) is 17.3. The number of ether oxygens (including phenoxy) is 2. The molecular formula is C23H18O3. The van der Waals surface area contributed by atoms with Crippen LogP contribution in [-0.2, 0) is 4.74 Å². The minimum atomic E-state index is -0.770. The monoisotopic (exact) mass is 342 g/mol. The molecule has 0 bridgehead atoms. The van der Waals surface area contributed by atoms with Gasteiger partial charge in [-0.05, 0) is 18.1 Å². The summed E-state index contributed by atoms with van der Waals surface area (Å²) in [7, 11) is 0. The van der Waals surface area contributed by atoms with E-state index in [1.165, 1.54) is 0 Å². The molecule has 0 heterocycles. The van der Waals surface area contributed by atoms with Gasteiger partial charge < -0.3 is 9.47 Å². The average Bonchev–Trinajstić information content (AvgIpc) is 2.70. The van der Waals surface area contributed by atoms with E-state index in [-0.39, 0.29) is 6.61 Å². The minimum absolute atomic E-state index is 0.00348. The Labute approximate surface area is 153 Å². The van der Waals surface area contributed by atoms with Gasteiger partial charge in [0, 0.05) is 11.1 Å². The Bertz CT molecular complexity index is 878. The summed E-state index contributed by atoms with van der Waals surface area (Å²) < 4.78 is 10.6. The highest BCUT2D eigenvalue weighted by Gasteiger charge is 2.17. The summed E-state index contributed by atoms with van der Waals surface area (Å²) in [6.07, 6.45) is -0.770. The van der Waals surface area contributed by atoms with Gasteiger partial charge in [-0.1, -0.05) is 84.8 Å². The molecule has 3 aromatic rings. The molecule has 3 aromatic carbocycles. The second-order valence-electron chi connectivity index (χ2n) is 5.48. The molecule has 0 saturated heterocycles. The van der Waals surface area contributed by atoms with Gasteiger partial charge in [0.1, 0.15) is 5.75 Å². The van der Waals surface area contributed by atoms with Gasteiger partial charge in [0.05, 0.1) is 0 Å². The second kappa shape index (κ2) is 8.55. The maximum absolute atomic E-state index is 12.1. The zero-order valence-corrected chi connectivity index (χ0v) is 14.4. The zero-order valence-electron chi connectivity index (χ0n) is 14.4. The Morgan fingerprint density at radius 2 is 1.35 bits per heavy atom. The molecule has 0 radical (unpaired) electrons. The first-order chi connectivity index (χ1) is 12.8. The minimum Gasteiger partial charge on any atom is -0.421 e. The SMILES string of the molecule is CC#CCOC(=O)Oc1c(-c2ccccc2)cccc1-c1ccccc1. The molecule has 3 rings (SSSR count). The van der Waals surface area contributed by atoms with Crippen LogP contribution in [0.1, 0.15) is 6.92 Å². The normalized spacial score (nSPS) is 9.73. The lowest BCUT2D eigenvalue weighted by Gasteiger charge is -2.15. The number of carbonyl (C=O) groups excluding carboxylic acids is 1. The molecule has 0 amide bonds. The predicted molar refractivity (Wildman–Crippen MR) is 103 cm³/mol. The van der Waals surface area contributed by atoms with Crippen LogP contribution in [0.2, 0.25) is 0 Å². The predicted octanol–water partition coefficient (Wildman–Crippen LogP) is 5.56. The van der Waals surface area contributed by atoms with Crippen molar-refractivity contribution in [1.82, 2.24) is 0 Å². The number of para-hydroxylation sites is 1. The first-order valence-corrected chi connectivity index (χ1v) is 8.27. The number of hydrogen-bond donors (Lipinski definition) is 0. The summed E-state index contributed by atoms with van der Waals surface area (Å²) in [6.45, 7) is 1.69. The van der Waals surface area contributed by atoms with Crippen molar-refractivity contribution in [2.75, 3.05) is 6.61 Å². The number of rotatable bonds is 4. The third-order valence-corrected chi connectivity index (χ3v) is 3.81. The summed E-state index contributed by atoms with van der Waals surface area (Å²) >= 11 is 0. The highest BCUT2D eigenvalue weighted by Crippen LogP contribution is 2.39. The fourth-order valence-corrected chi connectivity index (χ4v) is 2.62. The standard InChI is InChI=1S/C23H18O3/c1-2-3-17-25-23(24)26-22-20(18-11-6-4-7-12-18)15-10-16-21(22)19-13-8-5-9-14-19/h4-16H,17H2,1H3. The van der Waals surface area contributed by atoms with E-state index in [1.807, 2.05) is 78.9 Å². The van der Waals surface area contributed by atoms with Crippen molar-refractivity contribution in [1.29, 1.82) is 0 Å². The lowest BCUT2D eigenvalue weighted by Crippen LogP contribution is -2.12. The van der Waals surface area contributed by atoms with Crippen LogP contribution in [-0.4, -0.2) is 12.8 Å². The van der Waals surface area contributed by atoms with Crippen molar-refractivity contribution in [2.45, 2.75) is 6.92 Å². The zero-order chi connectivity index (χ0) is 18.2. The summed E-state index contributed by atoms with van der Waals surface area (Å²) in [4.78, 5) is 12.1. The van der Waals surface area contributed by atoms with Crippen molar-refractivity contribution in [2.24, 2.45) is 0 Å². The van der Waals surface area contributed by atoms with Crippen LogP contribution in [0.25, 0.3) is 22.3 Å². The van der Waals surface area contributed by atoms with E-state index in [2.05, 4.69) is 11.8 Å². The molecular weight excluding hydrogens is 324 g/mol. The number of benzene rings is 3. The van der Waals surface area contributed by atoms with E-state index in [1.54, 1.807) is 6.92 Å². The van der Waals surface area contributed by atoms with Gasteiger partial charge in [-0.25, -0.2) is 4.79 Å². The van der Waals surface area contributed by atoms with E-state index in [0.29, 0.717) is 5.75 Å². The summed E-state index contributed by atoms with van der Waals surface area (Å²) in [6, 6.07) is 25.4. The highest BCUT2D eigenvalue weighted by molar-refractivity contribution is 5.85. The Balaban J connectivity index is 2.04. The number of hydrogen-bond acceptors (Lipinski definition) is 3. The Hall–Kier alpha value is -3.51. The van der Waals surface area contributed by atoms with E-state index >= 15 is 0 Å². The maximum atomic E-state index is 12.1. The van der Waals surface area contributed by atoms with Crippen molar-refractivity contribution in [3.63, 3.8) is 0 Å². The molecule has 0 unspecified atom stereocenters. The second-order valence-corrected chi connectivity index (χ2v) is 5.48. The van der Waals surface area contributed by atoms with Crippen LogP contribution in [0.15, 0.2) is 78.9 Å². The van der Waals surface area contributed by atoms with E-state index < -0.39 is 6.16 Å². The smallest absolute Gasteiger partial charge is 0.421 e. The third-order valence-electron chi connectivity index (χ3n) is 3.81. The van der Waals surface area contributed by atoms with Crippen LogP contribution in [0.3, 0.4) is 0 Å². The Kier molecular flexibility index (Phi) is 5.69. The van der Waals surface area contributed by atoms with Crippen molar-refractivity contribution < 1.29 is 14.3 Å². The fraction of sp³-hybridized carbons (Fsp3) is 0.0870. The molecule has 0 atom stereocenters. The van der Waals surface area contributed by atoms with Crippen molar-refractivity contribution in [3.8, 4) is 39.8 Å². The fourth-order valence-electron chi connectivity index (χ4n) is 2.62. The molecule has 0 saturated carbocycles. The molecule has 128 valence electrons. The Morgan fingerprint density at radius 3 is 1.85 bits per heavy atom. The third kappa shape index (κ3) is 4.12. The van der Waals surface area contributed by atoms with Crippen LogP contribution >= 0.6 is 0 Å². The molecule has 26 heavy (non-hydrogen) atoms. The summed E-state index contributed by atoms with van der Waals surface area (Å²) in [5, 5.41) is 0. The van der Waals surface area contributed by atoms with Crippen LogP contribution < -0.4 is 4.74 Å².